The van der Waals surface area contributed by atoms with Gasteiger partial charge in [0.05, 0.1) is 6.26 Å². The zero-order valence-corrected chi connectivity index (χ0v) is 19.8. The molecular weight excluding hydrogens is 479 g/mol. The van der Waals surface area contributed by atoms with Crippen LogP contribution in [-0.2, 0) is 9.47 Å². The zero-order chi connectivity index (χ0) is 20.7. The summed E-state index contributed by atoms with van der Waals surface area (Å²) in [6.45, 7) is 5.16. The Labute approximate surface area is 188 Å². The first-order valence-electron chi connectivity index (χ1n) is 11.0. The summed E-state index contributed by atoms with van der Waals surface area (Å²) < 4.78 is 18.6. The molecule has 1 aromatic carbocycles. The summed E-state index contributed by atoms with van der Waals surface area (Å²) in [6, 6.07) is 5.66. The summed E-state index contributed by atoms with van der Waals surface area (Å²) in [7, 11) is 0. The molecule has 0 saturated heterocycles. The highest BCUT2D eigenvalue weighted by Crippen LogP contribution is 2.40. The normalized spacial score (nSPS) is 18.6. The van der Waals surface area contributed by atoms with Gasteiger partial charge in [-0.05, 0) is 104 Å². The van der Waals surface area contributed by atoms with E-state index < -0.39 is 0 Å². The molecule has 29 heavy (non-hydrogen) atoms. The predicted octanol–water partition coefficient (Wildman–Crippen LogP) is 6.66. The van der Waals surface area contributed by atoms with Crippen molar-refractivity contribution in [2.45, 2.75) is 77.2 Å². The first-order chi connectivity index (χ1) is 14.0. The number of hydrogen-bond donors (Lipinski definition) is 0. The second-order valence-electron chi connectivity index (χ2n) is 8.51. The molecule has 2 aliphatic rings. The first kappa shape index (κ1) is 22.4. The van der Waals surface area contributed by atoms with Crippen LogP contribution in [0.15, 0.2) is 30.0 Å². The van der Waals surface area contributed by atoms with E-state index in [0.29, 0.717) is 30.4 Å². The molecule has 0 amide bonds. The molecule has 0 bridgehead atoms. The standard InChI is InChI=1S/C24H33IO4/c1-18(2)24(12-6-7-13-24)29-23(26)21-16-20(25)10-11-22(21)28-15-14-27-17-19-8-4-3-5-9-19/h10-11,16-18H,3-9,12-15H2,1-2H3. The van der Waals surface area contributed by atoms with E-state index in [1.807, 2.05) is 24.5 Å². The van der Waals surface area contributed by atoms with Gasteiger partial charge in [0.15, 0.2) is 0 Å². The summed E-state index contributed by atoms with van der Waals surface area (Å²) in [4.78, 5) is 13.0. The summed E-state index contributed by atoms with van der Waals surface area (Å²) in [5.41, 5.74) is 1.56. The minimum Gasteiger partial charge on any atom is -0.498 e. The van der Waals surface area contributed by atoms with Crippen LogP contribution in [0.4, 0.5) is 0 Å². The molecule has 0 unspecified atom stereocenters. The van der Waals surface area contributed by atoms with Gasteiger partial charge in [-0.15, -0.1) is 0 Å². The fourth-order valence-electron chi connectivity index (χ4n) is 4.30. The molecule has 3 rings (SSSR count). The van der Waals surface area contributed by atoms with Crippen molar-refractivity contribution < 1.29 is 19.0 Å². The molecule has 160 valence electrons. The number of carbonyl (C=O) groups is 1. The Morgan fingerprint density at radius 1 is 1.10 bits per heavy atom. The number of allylic oxidation sites excluding steroid dienone is 1. The van der Waals surface area contributed by atoms with E-state index in [1.165, 1.54) is 24.8 Å². The van der Waals surface area contributed by atoms with Crippen LogP contribution in [0.1, 0.15) is 82.0 Å². The topological polar surface area (TPSA) is 44.8 Å². The monoisotopic (exact) mass is 512 g/mol. The van der Waals surface area contributed by atoms with Crippen LogP contribution in [0.25, 0.3) is 0 Å². The van der Waals surface area contributed by atoms with E-state index in [1.54, 1.807) is 0 Å². The van der Waals surface area contributed by atoms with Crippen molar-refractivity contribution in [1.82, 2.24) is 0 Å². The van der Waals surface area contributed by atoms with Gasteiger partial charge in [-0.1, -0.05) is 20.3 Å². The third kappa shape index (κ3) is 6.12. The largest absolute Gasteiger partial charge is 0.498 e. The average molecular weight is 512 g/mol. The summed E-state index contributed by atoms with van der Waals surface area (Å²) in [5, 5.41) is 0. The lowest BCUT2D eigenvalue weighted by Crippen LogP contribution is -2.37. The van der Waals surface area contributed by atoms with Crippen molar-refractivity contribution in [3.63, 3.8) is 0 Å². The smallest absolute Gasteiger partial charge is 0.342 e. The molecule has 2 fully saturated rings. The molecule has 5 heteroatoms. The van der Waals surface area contributed by atoms with Gasteiger partial charge < -0.3 is 14.2 Å². The second-order valence-corrected chi connectivity index (χ2v) is 9.76. The summed E-state index contributed by atoms with van der Waals surface area (Å²) >= 11 is 2.22. The van der Waals surface area contributed by atoms with E-state index in [2.05, 4.69) is 36.4 Å². The van der Waals surface area contributed by atoms with E-state index in [0.717, 1.165) is 42.1 Å². The molecule has 0 aliphatic heterocycles. The van der Waals surface area contributed by atoms with Crippen LogP contribution in [0, 0.1) is 9.49 Å². The maximum atomic E-state index is 13.0. The van der Waals surface area contributed by atoms with Gasteiger partial charge in [-0.3, -0.25) is 0 Å². The lowest BCUT2D eigenvalue weighted by molar-refractivity contribution is -0.0400. The molecule has 1 aromatic rings. The average Bonchev–Trinajstić information content (AvgIpc) is 3.19. The van der Waals surface area contributed by atoms with Crippen LogP contribution < -0.4 is 4.74 Å². The molecule has 0 spiro atoms. The van der Waals surface area contributed by atoms with Crippen LogP contribution in [0.3, 0.4) is 0 Å². The highest BCUT2D eigenvalue weighted by molar-refractivity contribution is 14.1. The second kappa shape index (κ2) is 10.7. The third-order valence-electron chi connectivity index (χ3n) is 6.16. The van der Waals surface area contributed by atoms with Gasteiger partial charge in [-0.25, -0.2) is 4.79 Å². The Morgan fingerprint density at radius 2 is 1.83 bits per heavy atom. The SMILES string of the molecule is CC(C)C1(OC(=O)c2cc(I)ccc2OCCOC=C2CCCCC2)CCCC1. The Balaban J connectivity index is 1.59. The molecule has 0 N–H and O–H groups in total. The van der Waals surface area contributed by atoms with Crippen molar-refractivity contribution in [3.8, 4) is 5.75 Å². The van der Waals surface area contributed by atoms with E-state index in [-0.39, 0.29) is 11.6 Å². The Kier molecular flexibility index (Phi) is 8.27. The Hall–Kier alpha value is -1.24. The number of halogens is 1. The highest BCUT2D eigenvalue weighted by atomic mass is 127. The Morgan fingerprint density at radius 3 is 2.52 bits per heavy atom. The minimum atomic E-state index is -0.342. The molecule has 2 aliphatic carbocycles. The maximum Gasteiger partial charge on any atom is 0.342 e. The van der Waals surface area contributed by atoms with Gasteiger partial charge in [0.25, 0.3) is 0 Å². The number of carbonyl (C=O) groups excluding carboxylic acids is 1. The van der Waals surface area contributed by atoms with Crippen LogP contribution in [0.2, 0.25) is 0 Å². The molecule has 0 atom stereocenters. The number of hydrogen-bond acceptors (Lipinski definition) is 4. The first-order valence-corrected chi connectivity index (χ1v) is 12.0. The highest BCUT2D eigenvalue weighted by Gasteiger charge is 2.41. The third-order valence-corrected chi connectivity index (χ3v) is 6.84. The number of benzene rings is 1. The minimum absolute atomic E-state index is 0.278. The molecule has 2 saturated carbocycles. The summed E-state index contributed by atoms with van der Waals surface area (Å²) in [5.74, 6) is 0.600. The molecule has 0 radical (unpaired) electrons. The predicted molar refractivity (Wildman–Crippen MR) is 123 cm³/mol. The van der Waals surface area contributed by atoms with Gasteiger partial charge in [0.1, 0.15) is 30.1 Å². The van der Waals surface area contributed by atoms with Crippen molar-refractivity contribution in [2.24, 2.45) is 5.92 Å². The molecule has 0 heterocycles. The van der Waals surface area contributed by atoms with Crippen molar-refractivity contribution >= 4 is 28.6 Å². The number of rotatable bonds is 8. The van der Waals surface area contributed by atoms with Crippen molar-refractivity contribution in [2.75, 3.05) is 13.2 Å². The number of ether oxygens (including phenoxy) is 3. The van der Waals surface area contributed by atoms with Crippen LogP contribution in [0.5, 0.6) is 5.75 Å². The Bertz CT molecular complexity index is 712. The van der Waals surface area contributed by atoms with E-state index in [4.69, 9.17) is 14.2 Å². The lowest BCUT2D eigenvalue weighted by Gasteiger charge is -2.33. The van der Waals surface area contributed by atoms with E-state index in [9.17, 15) is 4.79 Å². The quantitative estimate of drug-likeness (QED) is 0.169. The number of esters is 1. The van der Waals surface area contributed by atoms with Gasteiger partial charge in [-0.2, -0.15) is 0 Å². The van der Waals surface area contributed by atoms with Crippen molar-refractivity contribution in [3.05, 3.63) is 39.2 Å². The summed E-state index contributed by atoms with van der Waals surface area (Å²) in [6.07, 6.45) is 12.2. The van der Waals surface area contributed by atoms with E-state index >= 15 is 0 Å². The van der Waals surface area contributed by atoms with Crippen molar-refractivity contribution in [1.29, 1.82) is 0 Å². The zero-order valence-electron chi connectivity index (χ0n) is 17.7. The maximum absolute atomic E-state index is 13.0. The van der Waals surface area contributed by atoms with Crippen LogP contribution >= 0.6 is 22.6 Å². The van der Waals surface area contributed by atoms with Gasteiger partial charge >= 0.3 is 5.97 Å². The molecule has 4 nitrogen and oxygen atoms in total. The fourth-order valence-corrected chi connectivity index (χ4v) is 4.79. The molecule has 0 aromatic heterocycles. The van der Waals surface area contributed by atoms with Crippen LogP contribution in [-0.4, -0.2) is 24.8 Å². The lowest BCUT2D eigenvalue weighted by atomic mass is 9.88. The van der Waals surface area contributed by atoms with Gasteiger partial charge in [0, 0.05) is 3.57 Å². The fraction of sp³-hybridized carbons (Fsp3) is 0.625. The molecular formula is C24H33IO4. The van der Waals surface area contributed by atoms with Gasteiger partial charge in [0.2, 0.25) is 0 Å².